The van der Waals surface area contributed by atoms with Gasteiger partial charge in [0, 0.05) is 37.3 Å². The second kappa shape index (κ2) is 10.2. The summed E-state index contributed by atoms with van der Waals surface area (Å²) in [6.45, 7) is 4.71. The number of sulfonamides is 2. The van der Waals surface area contributed by atoms with E-state index in [9.17, 15) is 21.6 Å². The smallest absolute Gasteiger partial charge is 0.251 e. The fourth-order valence-corrected chi connectivity index (χ4v) is 8.19. The quantitative estimate of drug-likeness (QED) is 0.590. The lowest BCUT2D eigenvalue weighted by Crippen LogP contribution is -2.55. The number of benzene rings is 2. The number of nitrogens with zero attached hydrogens (tertiary/aromatic N) is 2. The third-order valence-electron chi connectivity index (χ3n) is 7.44. The van der Waals surface area contributed by atoms with Crippen molar-refractivity contribution in [1.82, 2.24) is 13.9 Å². The molecule has 0 aromatic heterocycles. The first-order chi connectivity index (χ1) is 16.9. The van der Waals surface area contributed by atoms with Gasteiger partial charge in [-0.2, -0.15) is 4.31 Å². The summed E-state index contributed by atoms with van der Waals surface area (Å²) >= 11 is 0. The Hall–Kier alpha value is -2.27. The zero-order valence-corrected chi connectivity index (χ0v) is 22.7. The van der Waals surface area contributed by atoms with Crippen LogP contribution in [0.25, 0.3) is 0 Å². The largest absolute Gasteiger partial charge is 0.348 e. The lowest BCUT2D eigenvalue weighted by atomic mass is 9.93. The normalized spacial score (nSPS) is 27.1. The molecule has 10 heteroatoms. The summed E-state index contributed by atoms with van der Waals surface area (Å²) in [6.07, 6.45) is 3.61. The van der Waals surface area contributed by atoms with Crippen LogP contribution in [0.15, 0.2) is 54.6 Å². The summed E-state index contributed by atoms with van der Waals surface area (Å²) in [5.74, 6) is -0.267. The third kappa shape index (κ3) is 5.66. The Morgan fingerprint density at radius 1 is 1.06 bits per heavy atom. The first kappa shape index (κ1) is 26.8. The first-order valence-electron chi connectivity index (χ1n) is 12.3. The average Bonchev–Trinajstić information content (AvgIpc) is 3.30. The van der Waals surface area contributed by atoms with E-state index in [0.29, 0.717) is 31.4 Å². The van der Waals surface area contributed by atoms with E-state index in [2.05, 4.69) is 5.32 Å². The van der Waals surface area contributed by atoms with E-state index in [1.165, 1.54) is 10.6 Å². The van der Waals surface area contributed by atoms with Gasteiger partial charge in [-0.3, -0.25) is 4.79 Å². The number of rotatable bonds is 7. The molecule has 8 nitrogen and oxygen atoms in total. The van der Waals surface area contributed by atoms with Gasteiger partial charge in [0.15, 0.2) is 0 Å². The van der Waals surface area contributed by atoms with Crippen molar-refractivity contribution in [3.8, 4) is 0 Å². The molecular weight excluding hydrogens is 498 g/mol. The molecule has 2 fully saturated rings. The molecule has 0 spiro atoms. The van der Waals surface area contributed by atoms with Crippen LogP contribution in [-0.2, 0) is 33.0 Å². The molecule has 2 aromatic carbocycles. The van der Waals surface area contributed by atoms with Gasteiger partial charge in [0.1, 0.15) is 0 Å². The summed E-state index contributed by atoms with van der Waals surface area (Å²) in [5, 5.41) is 2.90. The van der Waals surface area contributed by atoms with Crippen molar-refractivity contribution in [1.29, 1.82) is 0 Å². The Kier molecular flexibility index (Phi) is 7.62. The Balaban J connectivity index is 1.43. The molecule has 36 heavy (non-hydrogen) atoms. The van der Waals surface area contributed by atoms with Crippen molar-refractivity contribution in [2.45, 2.75) is 62.9 Å². The molecule has 3 atom stereocenters. The molecule has 2 heterocycles. The highest BCUT2D eigenvalue weighted by Gasteiger charge is 2.48. The molecule has 2 unspecified atom stereocenters. The minimum Gasteiger partial charge on any atom is -0.348 e. The van der Waals surface area contributed by atoms with Crippen molar-refractivity contribution in [2.75, 3.05) is 19.3 Å². The van der Waals surface area contributed by atoms with Gasteiger partial charge in [-0.25, -0.2) is 21.1 Å². The number of hydrogen-bond acceptors (Lipinski definition) is 5. The van der Waals surface area contributed by atoms with Crippen molar-refractivity contribution in [3.63, 3.8) is 0 Å². The Morgan fingerprint density at radius 2 is 1.72 bits per heavy atom. The number of carbonyl (C=O) groups excluding carboxylic acids is 1. The average molecular weight is 534 g/mol. The summed E-state index contributed by atoms with van der Waals surface area (Å²) < 4.78 is 53.0. The van der Waals surface area contributed by atoms with E-state index in [-0.39, 0.29) is 31.1 Å². The Morgan fingerprint density at radius 3 is 2.33 bits per heavy atom. The van der Waals surface area contributed by atoms with E-state index in [1.54, 1.807) is 28.6 Å². The maximum absolute atomic E-state index is 13.7. The minimum absolute atomic E-state index is 0.109. The molecule has 2 saturated heterocycles. The van der Waals surface area contributed by atoms with Crippen LogP contribution in [0.5, 0.6) is 0 Å². The Bertz CT molecular complexity index is 1300. The summed E-state index contributed by atoms with van der Waals surface area (Å²) in [5.41, 5.74) is 2.28. The fraction of sp³-hybridized carbons (Fsp3) is 0.500. The van der Waals surface area contributed by atoms with Gasteiger partial charge < -0.3 is 5.32 Å². The monoisotopic (exact) mass is 533 g/mol. The molecule has 196 valence electrons. The minimum atomic E-state index is -3.57. The van der Waals surface area contributed by atoms with Gasteiger partial charge in [0.2, 0.25) is 20.0 Å². The van der Waals surface area contributed by atoms with Crippen LogP contribution in [0.1, 0.15) is 54.6 Å². The molecule has 2 aliphatic rings. The van der Waals surface area contributed by atoms with E-state index in [4.69, 9.17) is 0 Å². The zero-order chi connectivity index (χ0) is 26.1. The van der Waals surface area contributed by atoms with Gasteiger partial charge in [-0.1, -0.05) is 42.5 Å². The van der Waals surface area contributed by atoms with E-state index >= 15 is 0 Å². The van der Waals surface area contributed by atoms with Crippen molar-refractivity contribution in [2.24, 2.45) is 0 Å². The maximum atomic E-state index is 13.7. The first-order valence-corrected chi connectivity index (χ1v) is 15.6. The number of carbonyl (C=O) groups is 1. The van der Waals surface area contributed by atoms with Gasteiger partial charge in [0.25, 0.3) is 5.91 Å². The van der Waals surface area contributed by atoms with Gasteiger partial charge in [-0.05, 0) is 62.8 Å². The van der Waals surface area contributed by atoms with E-state index < -0.39 is 24.8 Å². The molecule has 0 saturated carbocycles. The third-order valence-corrected chi connectivity index (χ3v) is 11.4. The van der Waals surface area contributed by atoms with Crippen molar-refractivity contribution < 1.29 is 21.6 Å². The van der Waals surface area contributed by atoms with Crippen LogP contribution in [0.3, 0.4) is 0 Å². The predicted molar refractivity (Wildman–Crippen MR) is 140 cm³/mol. The molecular formula is C26H35N3O5S2. The van der Waals surface area contributed by atoms with Crippen LogP contribution in [0.2, 0.25) is 0 Å². The highest BCUT2D eigenvalue weighted by Crippen LogP contribution is 2.38. The zero-order valence-electron chi connectivity index (χ0n) is 21.1. The molecule has 4 rings (SSSR count). The van der Waals surface area contributed by atoms with Crippen LogP contribution >= 0.6 is 0 Å². The molecule has 0 aliphatic carbocycles. The number of hydrogen-bond donors (Lipinski definition) is 1. The highest BCUT2D eigenvalue weighted by molar-refractivity contribution is 7.90. The predicted octanol–water partition coefficient (Wildman–Crippen LogP) is 2.77. The van der Waals surface area contributed by atoms with E-state index in [1.807, 2.05) is 44.2 Å². The van der Waals surface area contributed by atoms with E-state index in [0.717, 1.165) is 17.5 Å². The number of nitrogens with one attached hydrogen (secondary N) is 1. The van der Waals surface area contributed by atoms with Gasteiger partial charge in [0.05, 0.1) is 11.0 Å². The molecule has 0 bridgehead atoms. The van der Waals surface area contributed by atoms with Gasteiger partial charge in [-0.15, -0.1) is 0 Å². The van der Waals surface area contributed by atoms with Crippen LogP contribution < -0.4 is 5.32 Å². The SMILES string of the molecule is CC1CCC(C)(Cc2ccccc2)S(=O)(=O)N1Cc1ccc(C(=O)N[C@@H]2CCN(S(C)(=O)=O)C2)cc1. The Labute approximate surface area is 214 Å². The molecule has 2 aliphatic heterocycles. The lowest BCUT2D eigenvalue weighted by molar-refractivity contribution is 0.0939. The van der Waals surface area contributed by atoms with Crippen molar-refractivity contribution in [3.05, 3.63) is 71.3 Å². The van der Waals surface area contributed by atoms with Crippen LogP contribution in [-0.4, -0.2) is 67.5 Å². The molecule has 1 amide bonds. The highest BCUT2D eigenvalue weighted by atomic mass is 32.2. The maximum Gasteiger partial charge on any atom is 0.251 e. The lowest BCUT2D eigenvalue weighted by Gasteiger charge is -2.43. The molecule has 0 radical (unpaired) electrons. The van der Waals surface area contributed by atoms with Crippen LogP contribution in [0, 0.1) is 0 Å². The molecule has 1 N–H and O–H groups in total. The summed E-state index contributed by atoms with van der Waals surface area (Å²) in [6, 6.07) is 16.4. The van der Waals surface area contributed by atoms with Crippen LogP contribution in [0.4, 0.5) is 0 Å². The fourth-order valence-electron chi connectivity index (χ4n) is 5.11. The number of amides is 1. The topological polar surface area (TPSA) is 104 Å². The second-order valence-corrected chi connectivity index (χ2v) is 14.7. The van der Waals surface area contributed by atoms with Crippen molar-refractivity contribution >= 4 is 26.0 Å². The molecule has 2 aromatic rings. The summed E-state index contributed by atoms with van der Waals surface area (Å²) in [4.78, 5) is 12.7. The second-order valence-electron chi connectivity index (χ2n) is 10.3. The van der Waals surface area contributed by atoms with Gasteiger partial charge >= 0.3 is 0 Å². The standard InChI is InChI=1S/C26H35N3O5S2/c1-20-13-15-26(2,17-21-7-5-4-6-8-21)36(33,34)29(20)18-22-9-11-23(12-10-22)25(30)27-24-14-16-28(19-24)35(3,31)32/h4-12,20,24H,13-19H2,1-3H3,(H,27,30)/t20?,24-,26?/m1/s1. The summed E-state index contributed by atoms with van der Waals surface area (Å²) in [7, 11) is -6.84.